The summed E-state index contributed by atoms with van der Waals surface area (Å²) in [6.07, 6.45) is 0. The third-order valence-electron chi connectivity index (χ3n) is 3.56. The third kappa shape index (κ3) is 2.72. The number of para-hydroxylation sites is 1. The van der Waals surface area contributed by atoms with Crippen LogP contribution in [0.5, 0.6) is 5.75 Å². The molecule has 0 aliphatic carbocycles. The molecule has 3 aromatic rings. The molecule has 2 N–H and O–H groups in total. The van der Waals surface area contributed by atoms with Crippen LogP contribution < -0.4 is 10.2 Å². The molecular formula is C18H16N2O2. The fraction of sp³-hybridized carbons (Fsp3) is 0.0556. The van der Waals surface area contributed by atoms with Crippen LogP contribution in [0, 0.1) is 0 Å². The van der Waals surface area contributed by atoms with Crippen molar-refractivity contribution in [3.05, 3.63) is 66.7 Å². The first-order chi connectivity index (χ1) is 10.6. The summed E-state index contributed by atoms with van der Waals surface area (Å²) in [7, 11) is 1.72. The number of phenolic OH excluding ortho intramolecular Hbond substituents is 1. The molecule has 0 radical (unpaired) electrons. The van der Waals surface area contributed by atoms with E-state index >= 15 is 0 Å². The minimum Gasteiger partial charge on any atom is -0.508 e. The fourth-order valence-electron chi connectivity index (χ4n) is 2.34. The topological polar surface area (TPSA) is 52.6 Å². The minimum atomic E-state index is -0.234. The van der Waals surface area contributed by atoms with Crippen LogP contribution in [0.2, 0.25) is 0 Å². The van der Waals surface area contributed by atoms with E-state index in [-0.39, 0.29) is 11.8 Å². The Balaban J connectivity index is 1.90. The Morgan fingerprint density at radius 2 is 1.77 bits per heavy atom. The van der Waals surface area contributed by atoms with Crippen molar-refractivity contribution in [3.63, 3.8) is 0 Å². The predicted molar refractivity (Wildman–Crippen MR) is 89.5 cm³/mol. The van der Waals surface area contributed by atoms with Crippen molar-refractivity contribution >= 4 is 28.2 Å². The van der Waals surface area contributed by atoms with Crippen LogP contribution in [0.3, 0.4) is 0 Å². The number of nitrogens with zero attached hydrogens (tertiary/aromatic N) is 1. The van der Waals surface area contributed by atoms with Crippen LogP contribution in [0.4, 0.5) is 16.2 Å². The van der Waals surface area contributed by atoms with Crippen LogP contribution in [0.1, 0.15) is 0 Å². The Labute approximate surface area is 128 Å². The van der Waals surface area contributed by atoms with Gasteiger partial charge in [0.05, 0.1) is 5.69 Å². The number of benzene rings is 3. The first-order valence-electron chi connectivity index (χ1n) is 6.96. The van der Waals surface area contributed by atoms with Gasteiger partial charge in [-0.15, -0.1) is 0 Å². The van der Waals surface area contributed by atoms with Crippen molar-refractivity contribution in [1.82, 2.24) is 0 Å². The van der Waals surface area contributed by atoms with Crippen LogP contribution in [0.15, 0.2) is 66.7 Å². The Morgan fingerprint density at radius 3 is 2.55 bits per heavy atom. The van der Waals surface area contributed by atoms with Gasteiger partial charge in [-0.25, -0.2) is 4.79 Å². The lowest BCUT2D eigenvalue weighted by atomic mass is 10.1. The average molecular weight is 292 g/mol. The van der Waals surface area contributed by atoms with Gasteiger partial charge in [-0.05, 0) is 35.7 Å². The normalized spacial score (nSPS) is 10.4. The van der Waals surface area contributed by atoms with Crippen molar-refractivity contribution in [1.29, 1.82) is 0 Å². The molecule has 0 atom stereocenters. The molecule has 0 aromatic heterocycles. The maximum absolute atomic E-state index is 12.4. The van der Waals surface area contributed by atoms with Crippen molar-refractivity contribution in [2.24, 2.45) is 0 Å². The number of amides is 2. The maximum atomic E-state index is 12.4. The molecule has 4 nitrogen and oxygen atoms in total. The molecule has 4 heteroatoms. The monoisotopic (exact) mass is 292 g/mol. The minimum absolute atomic E-state index is 0.172. The Bertz CT molecular complexity index is 816. The van der Waals surface area contributed by atoms with Gasteiger partial charge in [0.1, 0.15) is 5.75 Å². The number of hydrogen-bond donors (Lipinski definition) is 2. The molecule has 0 aliphatic heterocycles. The Kier molecular flexibility index (Phi) is 3.66. The molecule has 3 rings (SSSR count). The summed E-state index contributed by atoms with van der Waals surface area (Å²) < 4.78 is 0. The summed E-state index contributed by atoms with van der Waals surface area (Å²) in [4.78, 5) is 13.9. The first kappa shape index (κ1) is 13.9. The number of rotatable bonds is 2. The van der Waals surface area contributed by atoms with E-state index in [0.29, 0.717) is 5.69 Å². The van der Waals surface area contributed by atoms with Crippen LogP contribution in [-0.4, -0.2) is 18.2 Å². The van der Waals surface area contributed by atoms with Gasteiger partial charge >= 0.3 is 6.03 Å². The maximum Gasteiger partial charge on any atom is 0.326 e. The molecule has 22 heavy (non-hydrogen) atoms. The van der Waals surface area contributed by atoms with Gasteiger partial charge in [-0.2, -0.15) is 0 Å². The first-order valence-corrected chi connectivity index (χ1v) is 6.96. The van der Waals surface area contributed by atoms with Crippen molar-refractivity contribution in [3.8, 4) is 5.75 Å². The standard InChI is InChI=1S/C18H16N2O2/c1-20(14-7-3-2-4-8-14)18(22)19-17-9-5-6-13-10-11-15(21)12-16(13)17/h2-12,21H,1H3,(H,19,22). The number of fused-ring (bicyclic) bond motifs is 1. The largest absolute Gasteiger partial charge is 0.508 e. The molecule has 0 saturated heterocycles. The number of anilines is 2. The highest BCUT2D eigenvalue weighted by Crippen LogP contribution is 2.27. The zero-order valence-electron chi connectivity index (χ0n) is 12.2. The average Bonchev–Trinajstić information content (AvgIpc) is 2.55. The van der Waals surface area contributed by atoms with Crippen molar-refractivity contribution < 1.29 is 9.90 Å². The van der Waals surface area contributed by atoms with Gasteiger partial charge in [-0.3, -0.25) is 4.90 Å². The van der Waals surface area contributed by atoms with Crippen molar-refractivity contribution in [2.75, 3.05) is 17.3 Å². The number of carbonyl (C=O) groups excluding carboxylic acids is 1. The number of hydrogen-bond acceptors (Lipinski definition) is 2. The van der Waals surface area contributed by atoms with Gasteiger partial charge in [0.2, 0.25) is 0 Å². The molecular weight excluding hydrogens is 276 g/mol. The van der Waals surface area contributed by atoms with Gasteiger partial charge in [0.15, 0.2) is 0 Å². The second-order valence-corrected chi connectivity index (χ2v) is 5.04. The molecule has 0 saturated carbocycles. The van der Waals surface area contributed by atoms with Crippen molar-refractivity contribution in [2.45, 2.75) is 0 Å². The lowest BCUT2D eigenvalue weighted by Crippen LogP contribution is -2.31. The summed E-state index contributed by atoms with van der Waals surface area (Å²) in [5.41, 5.74) is 1.48. The third-order valence-corrected chi connectivity index (χ3v) is 3.56. The zero-order chi connectivity index (χ0) is 15.5. The Hall–Kier alpha value is -3.01. The molecule has 0 bridgehead atoms. The van der Waals surface area contributed by atoms with Gasteiger partial charge in [0.25, 0.3) is 0 Å². The summed E-state index contributed by atoms with van der Waals surface area (Å²) in [6.45, 7) is 0. The molecule has 0 aliphatic rings. The molecule has 110 valence electrons. The molecule has 0 spiro atoms. The number of phenols is 1. The molecule has 0 heterocycles. The number of nitrogens with one attached hydrogen (secondary N) is 1. The smallest absolute Gasteiger partial charge is 0.326 e. The number of urea groups is 1. The van der Waals surface area contributed by atoms with E-state index < -0.39 is 0 Å². The summed E-state index contributed by atoms with van der Waals surface area (Å²) >= 11 is 0. The van der Waals surface area contributed by atoms with Crippen LogP contribution in [0.25, 0.3) is 10.8 Å². The highest BCUT2D eigenvalue weighted by Gasteiger charge is 2.12. The summed E-state index contributed by atoms with van der Waals surface area (Å²) in [5, 5.41) is 14.3. The lowest BCUT2D eigenvalue weighted by Gasteiger charge is -2.18. The van der Waals surface area contributed by atoms with Gasteiger partial charge in [-0.1, -0.05) is 36.4 Å². The highest BCUT2D eigenvalue weighted by atomic mass is 16.3. The zero-order valence-corrected chi connectivity index (χ0v) is 12.2. The van der Waals surface area contributed by atoms with E-state index in [0.717, 1.165) is 16.5 Å². The van der Waals surface area contributed by atoms with E-state index in [1.807, 2.05) is 54.6 Å². The fourth-order valence-corrected chi connectivity index (χ4v) is 2.34. The quantitative estimate of drug-likeness (QED) is 0.743. The van der Waals surface area contributed by atoms with E-state index in [1.165, 1.54) is 0 Å². The van der Waals surface area contributed by atoms with E-state index in [2.05, 4.69) is 5.32 Å². The lowest BCUT2D eigenvalue weighted by molar-refractivity contribution is 0.258. The van der Waals surface area contributed by atoms with E-state index in [9.17, 15) is 9.90 Å². The number of aromatic hydroxyl groups is 1. The highest BCUT2D eigenvalue weighted by molar-refractivity contribution is 6.07. The summed E-state index contributed by atoms with van der Waals surface area (Å²) in [6, 6.07) is 19.9. The van der Waals surface area contributed by atoms with Gasteiger partial charge < -0.3 is 10.4 Å². The molecule has 0 unspecified atom stereocenters. The van der Waals surface area contributed by atoms with E-state index in [4.69, 9.17) is 0 Å². The second-order valence-electron chi connectivity index (χ2n) is 5.04. The van der Waals surface area contributed by atoms with E-state index in [1.54, 1.807) is 24.1 Å². The molecule has 3 aromatic carbocycles. The van der Waals surface area contributed by atoms with Gasteiger partial charge in [0, 0.05) is 18.1 Å². The second kappa shape index (κ2) is 5.77. The van der Waals surface area contributed by atoms with Crippen LogP contribution in [-0.2, 0) is 0 Å². The van der Waals surface area contributed by atoms with Crippen LogP contribution >= 0.6 is 0 Å². The SMILES string of the molecule is CN(C(=O)Nc1cccc2ccc(O)cc12)c1ccccc1. The molecule has 2 amide bonds. The molecule has 0 fully saturated rings. The predicted octanol–water partition coefficient (Wildman–Crippen LogP) is 4.21. The Morgan fingerprint density at radius 1 is 1.00 bits per heavy atom. The number of carbonyl (C=O) groups is 1. The summed E-state index contributed by atoms with van der Waals surface area (Å²) in [5.74, 6) is 0.172.